The first-order valence-corrected chi connectivity index (χ1v) is 4.67. The molecule has 1 unspecified atom stereocenters. The summed E-state index contributed by atoms with van der Waals surface area (Å²) in [5.74, 6) is -0.848. The Morgan fingerprint density at radius 2 is 1.80 bits per heavy atom. The standard InChI is InChI=1S/C10H14O5/c1-6-10(15-8(3)12)9(4-5-13-6)14-7(2)11/h4-6,9-10H,1-3H3/t6-,9?,10-/m0/s1. The lowest BCUT2D eigenvalue weighted by atomic mass is 10.1. The van der Waals surface area contributed by atoms with Gasteiger partial charge >= 0.3 is 11.9 Å². The number of esters is 2. The summed E-state index contributed by atoms with van der Waals surface area (Å²) >= 11 is 0. The molecular weight excluding hydrogens is 200 g/mol. The van der Waals surface area contributed by atoms with Crippen molar-refractivity contribution in [3.8, 4) is 0 Å². The topological polar surface area (TPSA) is 61.8 Å². The lowest BCUT2D eigenvalue weighted by Crippen LogP contribution is -2.43. The Bertz CT molecular complexity index is 284. The fraction of sp³-hybridized carbons (Fsp3) is 0.600. The summed E-state index contributed by atoms with van der Waals surface area (Å²) < 4.78 is 15.2. The summed E-state index contributed by atoms with van der Waals surface area (Å²) in [5.41, 5.74) is 0. The van der Waals surface area contributed by atoms with Gasteiger partial charge in [0.2, 0.25) is 0 Å². The van der Waals surface area contributed by atoms with Crippen molar-refractivity contribution in [2.24, 2.45) is 0 Å². The molecule has 3 atom stereocenters. The van der Waals surface area contributed by atoms with Crippen LogP contribution in [0.3, 0.4) is 0 Å². The van der Waals surface area contributed by atoms with Gasteiger partial charge in [-0.2, -0.15) is 0 Å². The lowest BCUT2D eigenvalue weighted by Gasteiger charge is -2.31. The molecule has 0 fully saturated rings. The van der Waals surface area contributed by atoms with E-state index >= 15 is 0 Å². The molecule has 0 aromatic rings. The molecular formula is C10H14O5. The third-order valence-electron chi connectivity index (χ3n) is 1.95. The molecule has 5 nitrogen and oxygen atoms in total. The van der Waals surface area contributed by atoms with E-state index in [4.69, 9.17) is 14.2 Å². The predicted molar refractivity (Wildman–Crippen MR) is 50.8 cm³/mol. The van der Waals surface area contributed by atoms with Crippen molar-refractivity contribution in [3.63, 3.8) is 0 Å². The van der Waals surface area contributed by atoms with E-state index in [1.165, 1.54) is 20.1 Å². The summed E-state index contributed by atoms with van der Waals surface area (Å²) in [4.78, 5) is 21.7. The van der Waals surface area contributed by atoms with E-state index < -0.39 is 24.1 Å². The van der Waals surface area contributed by atoms with Crippen LogP contribution in [0.5, 0.6) is 0 Å². The molecule has 0 saturated heterocycles. The van der Waals surface area contributed by atoms with Gasteiger partial charge in [-0.25, -0.2) is 0 Å². The molecule has 0 bridgehead atoms. The molecule has 15 heavy (non-hydrogen) atoms. The van der Waals surface area contributed by atoms with Gasteiger partial charge in [-0.3, -0.25) is 9.59 Å². The maximum atomic E-state index is 10.8. The zero-order valence-corrected chi connectivity index (χ0v) is 8.93. The number of hydrogen-bond donors (Lipinski definition) is 0. The van der Waals surface area contributed by atoms with Crippen LogP contribution in [0.25, 0.3) is 0 Å². The predicted octanol–water partition coefficient (Wildman–Crippen LogP) is 0.782. The molecule has 1 aliphatic rings. The van der Waals surface area contributed by atoms with E-state index in [0.717, 1.165) is 0 Å². The first kappa shape index (κ1) is 11.6. The molecule has 5 heteroatoms. The largest absolute Gasteiger partial charge is 0.494 e. The monoisotopic (exact) mass is 214 g/mol. The van der Waals surface area contributed by atoms with E-state index in [9.17, 15) is 9.59 Å². The highest BCUT2D eigenvalue weighted by Crippen LogP contribution is 2.18. The van der Waals surface area contributed by atoms with Crippen molar-refractivity contribution in [1.82, 2.24) is 0 Å². The Hall–Kier alpha value is -1.52. The zero-order chi connectivity index (χ0) is 11.4. The molecule has 0 saturated carbocycles. The van der Waals surface area contributed by atoms with Crippen LogP contribution in [-0.4, -0.2) is 30.3 Å². The smallest absolute Gasteiger partial charge is 0.303 e. The van der Waals surface area contributed by atoms with Gasteiger partial charge in [0.25, 0.3) is 0 Å². The molecule has 0 aromatic carbocycles. The number of carbonyl (C=O) groups excluding carboxylic acids is 2. The molecule has 1 rings (SSSR count). The Morgan fingerprint density at radius 3 is 2.33 bits per heavy atom. The van der Waals surface area contributed by atoms with Gasteiger partial charge in [0.05, 0.1) is 6.26 Å². The van der Waals surface area contributed by atoms with Gasteiger partial charge in [-0.15, -0.1) is 0 Å². The number of rotatable bonds is 2. The third kappa shape index (κ3) is 3.27. The molecule has 84 valence electrons. The van der Waals surface area contributed by atoms with E-state index in [2.05, 4.69) is 0 Å². The number of carbonyl (C=O) groups is 2. The summed E-state index contributed by atoms with van der Waals surface area (Å²) in [6.07, 6.45) is 1.50. The summed E-state index contributed by atoms with van der Waals surface area (Å²) in [7, 11) is 0. The highest BCUT2D eigenvalue weighted by Gasteiger charge is 2.34. The molecule has 1 aliphatic heterocycles. The van der Waals surface area contributed by atoms with Crippen LogP contribution < -0.4 is 0 Å². The van der Waals surface area contributed by atoms with Crippen LogP contribution in [0, 0.1) is 0 Å². The van der Waals surface area contributed by atoms with Crippen LogP contribution in [-0.2, 0) is 23.8 Å². The molecule has 0 aliphatic carbocycles. The average molecular weight is 214 g/mol. The van der Waals surface area contributed by atoms with Gasteiger partial charge in [-0.05, 0) is 13.0 Å². The van der Waals surface area contributed by atoms with Crippen LogP contribution >= 0.6 is 0 Å². The van der Waals surface area contributed by atoms with E-state index in [1.807, 2.05) is 0 Å². The van der Waals surface area contributed by atoms with Crippen molar-refractivity contribution < 1.29 is 23.8 Å². The van der Waals surface area contributed by atoms with Gasteiger partial charge in [-0.1, -0.05) is 0 Å². The normalized spacial score (nSPS) is 29.1. The van der Waals surface area contributed by atoms with Crippen molar-refractivity contribution in [1.29, 1.82) is 0 Å². The highest BCUT2D eigenvalue weighted by molar-refractivity contribution is 5.67. The van der Waals surface area contributed by atoms with Crippen molar-refractivity contribution >= 4 is 11.9 Å². The van der Waals surface area contributed by atoms with E-state index in [0.29, 0.717) is 0 Å². The second-order valence-corrected chi connectivity index (χ2v) is 3.32. The first-order valence-electron chi connectivity index (χ1n) is 4.67. The number of ether oxygens (including phenoxy) is 3. The Balaban J connectivity index is 2.71. The molecule has 0 radical (unpaired) electrons. The lowest BCUT2D eigenvalue weighted by molar-refractivity contribution is -0.172. The second kappa shape index (κ2) is 4.82. The van der Waals surface area contributed by atoms with Gasteiger partial charge in [0, 0.05) is 13.8 Å². The van der Waals surface area contributed by atoms with Crippen molar-refractivity contribution in [3.05, 3.63) is 12.3 Å². The minimum absolute atomic E-state index is 0.330. The molecule has 1 heterocycles. The van der Waals surface area contributed by atoms with Crippen LogP contribution in [0.1, 0.15) is 20.8 Å². The van der Waals surface area contributed by atoms with Gasteiger partial charge in [0.15, 0.2) is 12.2 Å². The summed E-state index contributed by atoms with van der Waals surface area (Å²) in [6.45, 7) is 4.35. The number of hydrogen-bond acceptors (Lipinski definition) is 5. The molecule has 0 aromatic heterocycles. The second-order valence-electron chi connectivity index (χ2n) is 3.32. The fourth-order valence-corrected chi connectivity index (χ4v) is 1.35. The minimum atomic E-state index is -0.587. The Morgan fingerprint density at radius 1 is 1.20 bits per heavy atom. The van der Waals surface area contributed by atoms with Crippen LogP contribution in [0.4, 0.5) is 0 Å². The average Bonchev–Trinajstić information content (AvgIpc) is 2.09. The summed E-state index contributed by atoms with van der Waals surface area (Å²) in [5, 5.41) is 0. The highest BCUT2D eigenvalue weighted by atomic mass is 16.6. The van der Waals surface area contributed by atoms with Crippen molar-refractivity contribution in [2.75, 3.05) is 0 Å². The SMILES string of the molecule is CC(=O)OC1C=CO[C@@H](C)[C@@H]1OC(C)=O. The van der Waals surface area contributed by atoms with Crippen molar-refractivity contribution in [2.45, 2.75) is 39.1 Å². The Labute approximate surface area is 88.0 Å². The van der Waals surface area contributed by atoms with Crippen LogP contribution in [0.15, 0.2) is 12.3 Å². The molecule has 0 N–H and O–H groups in total. The van der Waals surface area contributed by atoms with E-state index in [1.54, 1.807) is 13.0 Å². The fourth-order valence-electron chi connectivity index (χ4n) is 1.35. The molecule has 0 amide bonds. The van der Waals surface area contributed by atoms with Gasteiger partial charge < -0.3 is 14.2 Å². The molecule has 0 spiro atoms. The van der Waals surface area contributed by atoms with E-state index in [-0.39, 0.29) is 6.10 Å². The maximum absolute atomic E-state index is 10.8. The minimum Gasteiger partial charge on any atom is -0.494 e. The Kier molecular flexibility index (Phi) is 3.71. The van der Waals surface area contributed by atoms with Crippen LogP contribution in [0.2, 0.25) is 0 Å². The zero-order valence-electron chi connectivity index (χ0n) is 8.93. The third-order valence-corrected chi connectivity index (χ3v) is 1.95. The summed E-state index contributed by atoms with van der Waals surface area (Å²) in [6, 6.07) is 0. The quantitative estimate of drug-likeness (QED) is 0.636. The maximum Gasteiger partial charge on any atom is 0.303 e. The first-order chi connectivity index (χ1) is 7.00. The van der Waals surface area contributed by atoms with Gasteiger partial charge in [0.1, 0.15) is 6.10 Å².